The van der Waals surface area contributed by atoms with E-state index in [1.165, 1.54) is 16.2 Å². The van der Waals surface area contributed by atoms with E-state index in [0.717, 1.165) is 29.6 Å². The molecular weight excluding hydrogens is 430 g/mol. The van der Waals surface area contributed by atoms with Crippen LogP contribution in [-0.2, 0) is 21.6 Å². The van der Waals surface area contributed by atoms with E-state index in [-0.39, 0.29) is 6.17 Å². The monoisotopic (exact) mass is 457 g/mol. The first kappa shape index (κ1) is 23.6. The van der Waals surface area contributed by atoms with Crippen LogP contribution in [0.4, 0.5) is 11.4 Å². The Morgan fingerprint density at radius 3 is 2.28 bits per heavy atom. The minimum absolute atomic E-state index is 0.115. The summed E-state index contributed by atoms with van der Waals surface area (Å²) in [6, 6.07) is 18.7. The van der Waals surface area contributed by atoms with Gasteiger partial charge in [0.05, 0.1) is 25.4 Å². The number of para-hydroxylation sites is 2. The molecule has 0 amide bonds. The van der Waals surface area contributed by atoms with E-state index in [0.29, 0.717) is 0 Å². The van der Waals surface area contributed by atoms with E-state index < -0.39 is 10.4 Å². The van der Waals surface area contributed by atoms with Crippen LogP contribution in [0.2, 0.25) is 0 Å². The molecule has 0 saturated carbocycles. The third-order valence-corrected chi connectivity index (χ3v) is 5.88. The standard InChI is InChI=1S/C21H23N5.CH4O4S/c1-15-14-20(26(25(15)4)17-10-6-5-7-11-17)22-23-21-16(2)24(3)19-13-9-8-12-18(19)21;1-5-6(2,3)4/h5-14,20H,1-4H3;1H3,(H,2,3,4). The predicted molar refractivity (Wildman–Crippen MR) is 122 cm³/mol. The molecule has 0 spiro atoms. The lowest BCUT2D eigenvalue weighted by atomic mass is 10.2. The summed E-state index contributed by atoms with van der Waals surface area (Å²) in [5.41, 5.74) is 5.64. The number of anilines is 1. The van der Waals surface area contributed by atoms with E-state index in [2.05, 4.69) is 101 Å². The van der Waals surface area contributed by atoms with Gasteiger partial charge in [0.25, 0.3) is 0 Å². The summed E-state index contributed by atoms with van der Waals surface area (Å²) < 4.78 is 33.2. The SMILES string of the molecule is CC1=CC(N=Nc2c(C)n(C)c3ccccc23)N(c2ccccc2)[NH+]1C.COS(=O)(=O)[O-]. The molecule has 0 radical (unpaired) electrons. The number of hydrogen-bond donors (Lipinski definition) is 1. The molecule has 1 aliphatic rings. The molecule has 10 heteroatoms. The van der Waals surface area contributed by atoms with Gasteiger partial charge in [0, 0.05) is 31.1 Å². The van der Waals surface area contributed by atoms with Crippen molar-refractivity contribution in [3.05, 3.63) is 72.1 Å². The molecule has 0 saturated heterocycles. The topological polar surface area (TPSA) is 104 Å². The summed E-state index contributed by atoms with van der Waals surface area (Å²) in [7, 11) is 0.606. The van der Waals surface area contributed by atoms with Gasteiger partial charge < -0.3 is 9.12 Å². The van der Waals surface area contributed by atoms with E-state index >= 15 is 0 Å². The molecule has 32 heavy (non-hydrogen) atoms. The quantitative estimate of drug-likeness (QED) is 0.369. The highest BCUT2D eigenvalue weighted by molar-refractivity contribution is 7.80. The van der Waals surface area contributed by atoms with E-state index in [9.17, 15) is 13.0 Å². The number of fused-ring (bicyclic) bond motifs is 1. The van der Waals surface area contributed by atoms with Crippen LogP contribution >= 0.6 is 0 Å². The highest BCUT2D eigenvalue weighted by atomic mass is 32.3. The predicted octanol–water partition coefficient (Wildman–Crippen LogP) is 2.84. The normalized spacial score (nSPS) is 18.7. The highest BCUT2D eigenvalue weighted by Crippen LogP contribution is 2.33. The average molecular weight is 458 g/mol. The zero-order chi connectivity index (χ0) is 23.5. The van der Waals surface area contributed by atoms with Crippen LogP contribution in [0.1, 0.15) is 12.6 Å². The Hall–Kier alpha value is -3.05. The van der Waals surface area contributed by atoms with Crippen molar-refractivity contribution in [2.24, 2.45) is 17.3 Å². The van der Waals surface area contributed by atoms with Gasteiger partial charge in [0.1, 0.15) is 11.4 Å². The van der Waals surface area contributed by atoms with Crippen LogP contribution in [0.3, 0.4) is 0 Å². The van der Waals surface area contributed by atoms with E-state index in [1.807, 2.05) is 6.07 Å². The fourth-order valence-corrected chi connectivity index (χ4v) is 3.57. The molecule has 1 aromatic heterocycles. The molecule has 9 nitrogen and oxygen atoms in total. The number of hydrogen-bond acceptors (Lipinski definition) is 7. The van der Waals surface area contributed by atoms with Gasteiger partial charge in [0.15, 0.2) is 0 Å². The summed E-state index contributed by atoms with van der Waals surface area (Å²) in [5, 5.41) is 14.0. The summed E-state index contributed by atoms with van der Waals surface area (Å²) >= 11 is 0. The molecule has 0 bridgehead atoms. The minimum Gasteiger partial charge on any atom is -0.726 e. The second kappa shape index (κ2) is 9.61. The van der Waals surface area contributed by atoms with Gasteiger partial charge in [-0.1, -0.05) is 36.4 Å². The van der Waals surface area contributed by atoms with Crippen LogP contribution in [0.15, 0.2) is 76.6 Å². The maximum absolute atomic E-state index is 9.22. The zero-order valence-corrected chi connectivity index (χ0v) is 19.5. The van der Waals surface area contributed by atoms with Crippen LogP contribution in [0, 0.1) is 6.92 Å². The van der Waals surface area contributed by atoms with Crippen molar-refractivity contribution in [2.75, 3.05) is 19.2 Å². The Kier molecular flexibility index (Phi) is 7.09. The lowest BCUT2D eigenvalue weighted by Gasteiger charge is -2.26. The average Bonchev–Trinajstić information content (AvgIpc) is 3.20. The van der Waals surface area contributed by atoms with Crippen molar-refractivity contribution >= 4 is 32.7 Å². The molecule has 2 unspecified atom stereocenters. The smallest absolute Gasteiger partial charge is 0.217 e. The summed E-state index contributed by atoms with van der Waals surface area (Å²) in [4.78, 5) is 0. The van der Waals surface area contributed by atoms with Gasteiger partial charge in [-0.3, -0.25) is 4.18 Å². The van der Waals surface area contributed by atoms with Gasteiger partial charge >= 0.3 is 0 Å². The largest absolute Gasteiger partial charge is 0.726 e. The number of benzene rings is 2. The van der Waals surface area contributed by atoms with Crippen LogP contribution in [-0.4, -0.2) is 37.9 Å². The third-order valence-electron chi connectivity index (χ3n) is 5.48. The molecule has 1 aliphatic heterocycles. The van der Waals surface area contributed by atoms with Gasteiger partial charge in [0.2, 0.25) is 16.6 Å². The van der Waals surface area contributed by atoms with Gasteiger partial charge in [-0.2, -0.15) is 15.2 Å². The number of quaternary nitrogens is 1. The van der Waals surface area contributed by atoms with Crippen molar-refractivity contribution in [3.63, 3.8) is 0 Å². The molecule has 2 atom stereocenters. The van der Waals surface area contributed by atoms with Crippen molar-refractivity contribution in [2.45, 2.75) is 20.0 Å². The first-order chi connectivity index (χ1) is 15.1. The van der Waals surface area contributed by atoms with Crippen molar-refractivity contribution in [1.82, 2.24) is 4.57 Å². The molecule has 170 valence electrons. The van der Waals surface area contributed by atoms with Gasteiger partial charge in [-0.25, -0.2) is 13.4 Å². The molecule has 3 aromatic rings. The van der Waals surface area contributed by atoms with E-state index in [1.54, 1.807) is 0 Å². The van der Waals surface area contributed by atoms with Gasteiger partial charge in [-0.05, 0) is 25.1 Å². The molecule has 4 rings (SSSR count). The fourth-order valence-electron chi connectivity index (χ4n) is 3.57. The van der Waals surface area contributed by atoms with Gasteiger partial charge in [-0.15, -0.1) is 0 Å². The number of aromatic nitrogens is 1. The number of nitrogens with zero attached hydrogens (tertiary/aromatic N) is 4. The Bertz CT molecular complexity index is 1250. The second-order valence-corrected chi connectivity index (χ2v) is 8.50. The van der Waals surface area contributed by atoms with Crippen molar-refractivity contribution in [3.8, 4) is 0 Å². The zero-order valence-electron chi connectivity index (χ0n) is 18.7. The Labute approximate surface area is 188 Å². The van der Waals surface area contributed by atoms with Crippen LogP contribution in [0.5, 0.6) is 0 Å². The Morgan fingerprint density at radius 1 is 1.06 bits per heavy atom. The highest BCUT2D eigenvalue weighted by Gasteiger charge is 2.33. The molecule has 2 aromatic carbocycles. The van der Waals surface area contributed by atoms with Crippen molar-refractivity contribution in [1.29, 1.82) is 0 Å². The Balaban J connectivity index is 0.000000427. The maximum Gasteiger partial charge on any atom is 0.217 e. The Morgan fingerprint density at radius 2 is 1.66 bits per heavy atom. The first-order valence-electron chi connectivity index (χ1n) is 9.97. The van der Waals surface area contributed by atoms with E-state index in [4.69, 9.17) is 5.11 Å². The second-order valence-electron chi connectivity index (χ2n) is 7.35. The number of allylic oxidation sites excluding steroid dienone is 1. The summed E-state index contributed by atoms with van der Waals surface area (Å²) in [6.45, 7) is 4.22. The third kappa shape index (κ3) is 5.05. The molecule has 0 aliphatic carbocycles. The fraction of sp³-hybridized carbons (Fsp3) is 0.273. The number of nitrogens with one attached hydrogen (secondary N) is 1. The maximum atomic E-state index is 9.22. The van der Waals surface area contributed by atoms with Crippen molar-refractivity contribution < 1.29 is 22.2 Å². The molecule has 1 N–H and O–H groups in total. The number of rotatable bonds is 4. The summed E-state index contributed by atoms with van der Waals surface area (Å²) in [5.74, 6) is 0. The number of aryl methyl sites for hydroxylation is 1. The molecule has 2 heterocycles. The lowest BCUT2D eigenvalue weighted by Crippen LogP contribution is -3.13. The minimum atomic E-state index is -4.41. The molecular formula is C22H27N5O4S. The first-order valence-corrected chi connectivity index (χ1v) is 11.3. The van der Waals surface area contributed by atoms with Crippen LogP contribution in [0.25, 0.3) is 10.9 Å². The van der Waals surface area contributed by atoms with Crippen LogP contribution < -0.4 is 10.0 Å². The molecule has 0 fully saturated rings. The summed E-state index contributed by atoms with van der Waals surface area (Å²) in [6.07, 6.45) is 2.06. The lowest BCUT2D eigenvalue weighted by molar-refractivity contribution is -0.844. The number of azo groups is 1.